The normalized spacial score (nSPS) is 12.3. The molecule has 12 heteroatoms. The first-order valence-electron chi connectivity index (χ1n) is 10.6. The lowest BCUT2D eigenvalue weighted by atomic mass is 10.1. The van der Waals surface area contributed by atoms with Gasteiger partial charge in [-0.1, -0.05) is 0 Å². The van der Waals surface area contributed by atoms with Crippen LogP contribution in [-0.2, 0) is 19.8 Å². The Balaban J connectivity index is 1.51. The van der Waals surface area contributed by atoms with Gasteiger partial charge in [-0.3, -0.25) is 14.5 Å². The molecule has 0 unspecified atom stereocenters. The number of benzene rings is 1. The second-order valence-corrected chi connectivity index (χ2v) is 8.39. The van der Waals surface area contributed by atoms with Gasteiger partial charge in [0.05, 0.1) is 45.9 Å². The molecule has 0 radical (unpaired) electrons. The molecule has 0 aliphatic rings. The van der Waals surface area contributed by atoms with E-state index < -0.39 is 11.7 Å². The Morgan fingerprint density at radius 1 is 1.11 bits per heavy atom. The largest absolute Gasteiger partial charge is 0.416 e. The van der Waals surface area contributed by atoms with Crippen LogP contribution >= 0.6 is 0 Å². The number of hydrazine groups is 1. The van der Waals surface area contributed by atoms with Gasteiger partial charge in [0.25, 0.3) is 5.91 Å². The van der Waals surface area contributed by atoms with Crippen molar-refractivity contribution in [1.82, 2.24) is 34.4 Å². The molecule has 4 heterocycles. The summed E-state index contributed by atoms with van der Waals surface area (Å²) in [6.45, 7) is 0.0635. The van der Waals surface area contributed by atoms with Crippen molar-refractivity contribution in [1.29, 1.82) is 0 Å². The Bertz CT molecular complexity index is 1600. The molecule has 5 rings (SSSR count). The molecule has 180 valence electrons. The van der Waals surface area contributed by atoms with Crippen LogP contribution in [0, 0.1) is 0 Å². The number of aromatic nitrogens is 5. The SMILES string of the molecule is CN(C)N(Cc1cc2cc(C(F)(F)F)ccn2n1)C(=O)c1ccc2nc(N)c3cnn(C)c3c2c1. The second-order valence-electron chi connectivity index (χ2n) is 8.39. The molecule has 2 N–H and O–H groups in total. The average molecular weight is 482 g/mol. The van der Waals surface area contributed by atoms with Gasteiger partial charge in [-0.2, -0.15) is 23.4 Å². The summed E-state index contributed by atoms with van der Waals surface area (Å²) in [6.07, 6.45) is -1.57. The number of nitrogens with two attached hydrogens (primary N) is 1. The molecule has 4 aromatic heterocycles. The van der Waals surface area contributed by atoms with Gasteiger partial charge >= 0.3 is 6.18 Å². The standard InChI is InChI=1S/C23H21F3N8O/c1-31(2)34(12-15-10-16-9-14(23(24,25)26)6-7-33(16)30-15)22(35)13-4-5-19-17(8-13)20-18(21(27)29-19)11-28-32(20)3/h4-11H,12H2,1-3H3,(H2,27,29). The highest BCUT2D eigenvalue weighted by molar-refractivity contribution is 6.10. The van der Waals surface area contributed by atoms with E-state index in [1.54, 1.807) is 55.2 Å². The summed E-state index contributed by atoms with van der Waals surface area (Å²) in [5.41, 5.74) is 7.82. The van der Waals surface area contributed by atoms with Gasteiger partial charge in [-0.25, -0.2) is 14.5 Å². The van der Waals surface area contributed by atoms with Crippen molar-refractivity contribution in [3.63, 3.8) is 0 Å². The third-order valence-corrected chi connectivity index (χ3v) is 5.82. The molecule has 0 atom stereocenters. The van der Waals surface area contributed by atoms with Crippen molar-refractivity contribution in [2.75, 3.05) is 19.8 Å². The molecule has 1 aromatic carbocycles. The predicted octanol–water partition coefficient (Wildman–Crippen LogP) is 3.49. The molecule has 0 saturated heterocycles. The van der Waals surface area contributed by atoms with Gasteiger partial charge in [0, 0.05) is 38.3 Å². The molecule has 9 nitrogen and oxygen atoms in total. The lowest BCUT2D eigenvalue weighted by molar-refractivity contribution is -0.137. The Hall–Kier alpha value is -4.19. The average Bonchev–Trinajstić information content (AvgIpc) is 3.39. The number of amides is 1. The molecule has 0 bridgehead atoms. The van der Waals surface area contributed by atoms with Crippen LogP contribution < -0.4 is 5.73 Å². The van der Waals surface area contributed by atoms with E-state index in [0.29, 0.717) is 28.0 Å². The van der Waals surface area contributed by atoms with Crippen LogP contribution in [0.2, 0.25) is 0 Å². The van der Waals surface area contributed by atoms with Crippen molar-refractivity contribution in [3.8, 4) is 0 Å². The van der Waals surface area contributed by atoms with Crippen LogP contribution in [0.25, 0.3) is 27.3 Å². The fraction of sp³-hybridized carbons (Fsp3) is 0.217. The van der Waals surface area contributed by atoms with Crippen LogP contribution in [-0.4, -0.2) is 54.4 Å². The molecule has 0 fully saturated rings. The molecule has 1 amide bonds. The fourth-order valence-corrected chi connectivity index (χ4v) is 4.09. The van der Waals surface area contributed by atoms with Crippen LogP contribution in [0.3, 0.4) is 0 Å². The van der Waals surface area contributed by atoms with Crippen LogP contribution in [0.1, 0.15) is 21.6 Å². The number of hydrogen-bond donors (Lipinski definition) is 1. The quantitative estimate of drug-likeness (QED) is 0.394. The number of carbonyl (C=O) groups is 1. The van der Waals surface area contributed by atoms with Gasteiger partial charge in [-0.15, -0.1) is 0 Å². The zero-order chi connectivity index (χ0) is 25.1. The smallest absolute Gasteiger partial charge is 0.383 e. The molecule has 0 aliphatic carbocycles. The monoisotopic (exact) mass is 482 g/mol. The zero-order valence-corrected chi connectivity index (χ0v) is 19.1. The number of nitrogens with zero attached hydrogens (tertiary/aromatic N) is 7. The first-order chi connectivity index (χ1) is 16.5. The number of nitrogen functional groups attached to an aromatic ring is 1. The Labute approximate surface area is 197 Å². The van der Waals surface area contributed by atoms with Gasteiger partial charge in [0.15, 0.2) is 0 Å². The van der Waals surface area contributed by atoms with Gasteiger partial charge in [0.1, 0.15) is 5.82 Å². The number of fused-ring (bicyclic) bond motifs is 4. The molecule has 0 saturated carbocycles. The second kappa shape index (κ2) is 7.94. The number of aryl methyl sites for hydroxylation is 1. The summed E-state index contributed by atoms with van der Waals surface area (Å²) in [5.74, 6) is 0.0483. The molecule has 0 spiro atoms. The van der Waals surface area contributed by atoms with E-state index in [1.807, 2.05) is 0 Å². The third-order valence-electron chi connectivity index (χ3n) is 5.82. The van der Waals surface area contributed by atoms with Crippen molar-refractivity contribution < 1.29 is 18.0 Å². The van der Waals surface area contributed by atoms with Crippen molar-refractivity contribution in [2.45, 2.75) is 12.7 Å². The molecule has 5 aromatic rings. The number of halogens is 3. The fourth-order valence-electron chi connectivity index (χ4n) is 4.09. The third kappa shape index (κ3) is 3.91. The highest BCUT2D eigenvalue weighted by Crippen LogP contribution is 2.30. The number of pyridine rings is 2. The molecule has 0 aliphatic heterocycles. The maximum absolute atomic E-state index is 13.5. The highest BCUT2D eigenvalue weighted by Gasteiger charge is 2.31. The van der Waals surface area contributed by atoms with Crippen LogP contribution in [0.4, 0.5) is 19.0 Å². The Morgan fingerprint density at radius 3 is 2.60 bits per heavy atom. The van der Waals surface area contributed by atoms with E-state index in [0.717, 1.165) is 23.0 Å². The predicted molar refractivity (Wildman–Crippen MR) is 124 cm³/mol. The first-order valence-corrected chi connectivity index (χ1v) is 10.6. The van der Waals surface area contributed by atoms with E-state index in [1.165, 1.54) is 21.8 Å². The summed E-state index contributed by atoms with van der Waals surface area (Å²) < 4.78 is 42.2. The minimum Gasteiger partial charge on any atom is -0.383 e. The number of anilines is 1. The van der Waals surface area contributed by atoms with E-state index in [2.05, 4.69) is 15.2 Å². The van der Waals surface area contributed by atoms with Gasteiger partial charge in [0.2, 0.25) is 0 Å². The van der Waals surface area contributed by atoms with E-state index in [9.17, 15) is 18.0 Å². The highest BCUT2D eigenvalue weighted by atomic mass is 19.4. The van der Waals surface area contributed by atoms with E-state index >= 15 is 0 Å². The van der Waals surface area contributed by atoms with E-state index in [-0.39, 0.29) is 18.0 Å². The topological polar surface area (TPSA) is 97.6 Å². The first kappa shape index (κ1) is 22.6. The number of alkyl halides is 3. The molecular weight excluding hydrogens is 461 g/mol. The van der Waals surface area contributed by atoms with Crippen molar-refractivity contribution >= 4 is 39.0 Å². The zero-order valence-electron chi connectivity index (χ0n) is 19.1. The molecule has 35 heavy (non-hydrogen) atoms. The Kier molecular flexibility index (Phi) is 5.13. The lowest BCUT2D eigenvalue weighted by Crippen LogP contribution is -2.41. The minimum atomic E-state index is -4.45. The number of carbonyl (C=O) groups excluding carboxylic acids is 1. The van der Waals surface area contributed by atoms with Crippen molar-refractivity contribution in [2.24, 2.45) is 7.05 Å². The van der Waals surface area contributed by atoms with Crippen LogP contribution in [0.5, 0.6) is 0 Å². The van der Waals surface area contributed by atoms with Gasteiger partial charge < -0.3 is 5.73 Å². The minimum absolute atomic E-state index is 0.0635. The summed E-state index contributed by atoms with van der Waals surface area (Å²) in [7, 11) is 5.20. The number of rotatable bonds is 4. The summed E-state index contributed by atoms with van der Waals surface area (Å²) >= 11 is 0. The van der Waals surface area contributed by atoms with Gasteiger partial charge in [-0.05, 0) is 36.4 Å². The summed E-state index contributed by atoms with van der Waals surface area (Å²) in [6, 6.07) is 8.65. The summed E-state index contributed by atoms with van der Waals surface area (Å²) in [5, 5.41) is 13.1. The maximum Gasteiger partial charge on any atom is 0.416 e. The Morgan fingerprint density at radius 2 is 1.89 bits per heavy atom. The number of hydrogen-bond acceptors (Lipinski definition) is 6. The lowest BCUT2D eigenvalue weighted by Gasteiger charge is -2.28. The summed E-state index contributed by atoms with van der Waals surface area (Å²) in [4.78, 5) is 17.9. The molecular formula is C23H21F3N8O. The van der Waals surface area contributed by atoms with Crippen LogP contribution in [0.15, 0.2) is 48.8 Å². The van der Waals surface area contributed by atoms with E-state index in [4.69, 9.17) is 5.73 Å². The maximum atomic E-state index is 13.5. The van der Waals surface area contributed by atoms with Crippen molar-refractivity contribution in [3.05, 3.63) is 65.6 Å².